The second-order valence-corrected chi connectivity index (χ2v) is 4.28. The first kappa shape index (κ1) is 11.3. The SMILES string of the molecule is C=CC1=C(C=C)C(O)C(C(C)C)CC1. The van der Waals surface area contributed by atoms with Crippen LogP contribution in [-0.4, -0.2) is 11.2 Å². The molecule has 1 nitrogen and oxygen atoms in total. The zero-order valence-corrected chi connectivity index (χ0v) is 9.16. The zero-order valence-electron chi connectivity index (χ0n) is 9.16. The van der Waals surface area contributed by atoms with Crippen molar-refractivity contribution < 1.29 is 5.11 Å². The van der Waals surface area contributed by atoms with Gasteiger partial charge < -0.3 is 5.11 Å². The molecular weight excluding hydrogens is 172 g/mol. The fraction of sp³-hybridized carbons (Fsp3) is 0.538. The van der Waals surface area contributed by atoms with Gasteiger partial charge in [-0.2, -0.15) is 0 Å². The van der Waals surface area contributed by atoms with Crippen molar-refractivity contribution in [2.75, 3.05) is 0 Å². The Bertz CT molecular complexity index is 260. The Labute approximate surface area is 86.8 Å². The fourth-order valence-electron chi connectivity index (χ4n) is 2.21. The summed E-state index contributed by atoms with van der Waals surface area (Å²) in [6, 6.07) is 0. The summed E-state index contributed by atoms with van der Waals surface area (Å²) in [4.78, 5) is 0. The molecule has 0 radical (unpaired) electrons. The highest BCUT2D eigenvalue weighted by Crippen LogP contribution is 2.34. The highest BCUT2D eigenvalue weighted by Gasteiger charge is 2.29. The van der Waals surface area contributed by atoms with Crippen LogP contribution in [0.3, 0.4) is 0 Å². The third-order valence-electron chi connectivity index (χ3n) is 3.16. The first-order valence-corrected chi connectivity index (χ1v) is 5.27. The Hall–Kier alpha value is -0.820. The van der Waals surface area contributed by atoms with Crippen molar-refractivity contribution in [3.05, 3.63) is 36.5 Å². The van der Waals surface area contributed by atoms with Crippen molar-refractivity contribution in [2.24, 2.45) is 11.8 Å². The maximum atomic E-state index is 10.1. The topological polar surface area (TPSA) is 20.2 Å². The molecule has 0 aromatic carbocycles. The molecular formula is C13H20O. The van der Waals surface area contributed by atoms with E-state index in [1.54, 1.807) is 6.08 Å². The van der Waals surface area contributed by atoms with Crippen molar-refractivity contribution >= 4 is 0 Å². The Balaban J connectivity index is 2.96. The van der Waals surface area contributed by atoms with Gasteiger partial charge in [0, 0.05) is 0 Å². The van der Waals surface area contributed by atoms with Gasteiger partial charge >= 0.3 is 0 Å². The summed E-state index contributed by atoms with van der Waals surface area (Å²) < 4.78 is 0. The molecule has 0 saturated carbocycles. The van der Waals surface area contributed by atoms with Gasteiger partial charge in [-0.25, -0.2) is 0 Å². The maximum Gasteiger partial charge on any atom is 0.0823 e. The van der Waals surface area contributed by atoms with Gasteiger partial charge in [0.05, 0.1) is 6.10 Å². The minimum atomic E-state index is -0.353. The van der Waals surface area contributed by atoms with Gasteiger partial charge in [-0.1, -0.05) is 39.2 Å². The van der Waals surface area contributed by atoms with E-state index in [2.05, 4.69) is 27.0 Å². The molecule has 2 atom stereocenters. The molecule has 0 aliphatic heterocycles. The minimum absolute atomic E-state index is 0.353. The smallest absolute Gasteiger partial charge is 0.0823 e. The predicted octanol–water partition coefficient (Wildman–Crippen LogP) is 3.08. The zero-order chi connectivity index (χ0) is 10.7. The lowest BCUT2D eigenvalue weighted by Crippen LogP contribution is -2.30. The summed E-state index contributed by atoms with van der Waals surface area (Å²) in [5.74, 6) is 0.887. The van der Waals surface area contributed by atoms with Gasteiger partial charge in [-0.15, -0.1) is 0 Å². The molecule has 1 heteroatoms. The molecule has 2 unspecified atom stereocenters. The molecule has 0 fully saturated rings. The summed E-state index contributed by atoms with van der Waals surface area (Å²) >= 11 is 0. The lowest BCUT2D eigenvalue weighted by Gasteiger charge is -2.32. The van der Waals surface area contributed by atoms with E-state index in [4.69, 9.17) is 0 Å². The summed E-state index contributed by atoms with van der Waals surface area (Å²) in [5.41, 5.74) is 2.13. The highest BCUT2D eigenvalue weighted by atomic mass is 16.3. The first-order valence-electron chi connectivity index (χ1n) is 5.27. The molecule has 0 aromatic rings. The van der Waals surface area contributed by atoms with Crippen molar-refractivity contribution in [1.29, 1.82) is 0 Å². The summed E-state index contributed by atoms with van der Waals surface area (Å²) in [6.45, 7) is 11.9. The van der Waals surface area contributed by atoms with Crippen molar-refractivity contribution in [2.45, 2.75) is 32.8 Å². The van der Waals surface area contributed by atoms with Gasteiger partial charge in [0.25, 0.3) is 0 Å². The second-order valence-electron chi connectivity index (χ2n) is 4.28. The normalized spacial score (nSPS) is 28.0. The lowest BCUT2D eigenvalue weighted by atomic mass is 9.76. The first-order chi connectivity index (χ1) is 6.61. The van der Waals surface area contributed by atoms with Crippen LogP contribution < -0.4 is 0 Å². The Kier molecular flexibility index (Phi) is 3.70. The van der Waals surface area contributed by atoms with Crippen LogP contribution in [0.25, 0.3) is 0 Å². The van der Waals surface area contributed by atoms with Crippen molar-refractivity contribution in [1.82, 2.24) is 0 Å². The van der Waals surface area contributed by atoms with Crippen LogP contribution in [0.15, 0.2) is 36.5 Å². The maximum absolute atomic E-state index is 10.1. The van der Waals surface area contributed by atoms with E-state index < -0.39 is 0 Å². The standard InChI is InChI=1S/C13H20O/c1-5-10-7-8-12(9(3)4)13(14)11(10)6-2/h5-6,9,12-14H,1-2,7-8H2,3-4H3. The van der Waals surface area contributed by atoms with E-state index in [0.717, 1.165) is 24.0 Å². The largest absolute Gasteiger partial charge is 0.388 e. The van der Waals surface area contributed by atoms with E-state index in [-0.39, 0.29) is 6.10 Å². The molecule has 1 aliphatic rings. The monoisotopic (exact) mass is 192 g/mol. The number of allylic oxidation sites excluding steroid dienone is 2. The van der Waals surface area contributed by atoms with Gasteiger partial charge in [0.1, 0.15) is 0 Å². The van der Waals surface area contributed by atoms with Crippen LogP contribution in [0, 0.1) is 11.8 Å². The Morgan fingerprint density at radius 1 is 1.36 bits per heavy atom. The van der Waals surface area contributed by atoms with Crippen LogP contribution in [0.2, 0.25) is 0 Å². The minimum Gasteiger partial charge on any atom is -0.388 e. The van der Waals surface area contributed by atoms with E-state index >= 15 is 0 Å². The van der Waals surface area contributed by atoms with E-state index in [1.807, 2.05) is 6.08 Å². The third-order valence-corrected chi connectivity index (χ3v) is 3.16. The van der Waals surface area contributed by atoms with E-state index in [1.165, 1.54) is 0 Å². The molecule has 14 heavy (non-hydrogen) atoms. The molecule has 0 bridgehead atoms. The number of hydrogen-bond acceptors (Lipinski definition) is 1. The number of aliphatic hydroxyl groups is 1. The third kappa shape index (κ3) is 1.98. The highest BCUT2D eigenvalue weighted by molar-refractivity contribution is 5.36. The van der Waals surface area contributed by atoms with Crippen molar-refractivity contribution in [3.8, 4) is 0 Å². The molecule has 0 saturated heterocycles. The van der Waals surface area contributed by atoms with E-state index in [9.17, 15) is 5.11 Å². The molecule has 1 rings (SSSR count). The molecule has 0 aromatic heterocycles. The average Bonchev–Trinajstić information content (AvgIpc) is 2.16. The number of rotatable bonds is 3. The van der Waals surface area contributed by atoms with E-state index in [0.29, 0.717) is 11.8 Å². The summed E-state index contributed by atoms with van der Waals surface area (Å²) in [6.07, 6.45) is 5.34. The Morgan fingerprint density at radius 2 is 2.00 bits per heavy atom. The van der Waals surface area contributed by atoms with Crippen LogP contribution in [0.4, 0.5) is 0 Å². The molecule has 0 heterocycles. The number of aliphatic hydroxyl groups excluding tert-OH is 1. The van der Waals surface area contributed by atoms with Crippen LogP contribution in [0.5, 0.6) is 0 Å². The molecule has 1 aliphatic carbocycles. The van der Waals surface area contributed by atoms with Crippen LogP contribution in [0.1, 0.15) is 26.7 Å². The van der Waals surface area contributed by atoms with Gasteiger partial charge in [0.15, 0.2) is 0 Å². The second kappa shape index (κ2) is 4.61. The summed E-state index contributed by atoms with van der Waals surface area (Å²) in [7, 11) is 0. The Morgan fingerprint density at radius 3 is 2.43 bits per heavy atom. The molecule has 1 N–H and O–H groups in total. The quantitative estimate of drug-likeness (QED) is 0.728. The lowest BCUT2D eigenvalue weighted by molar-refractivity contribution is 0.101. The van der Waals surface area contributed by atoms with Gasteiger partial charge in [0.2, 0.25) is 0 Å². The summed E-state index contributed by atoms with van der Waals surface area (Å²) in [5, 5.41) is 10.1. The predicted molar refractivity (Wildman–Crippen MR) is 61.0 cm³/mol. The molecule has 0 spiro atoms. The van der Waals surface area contributed by atoms with Gasteiger partial charge in [-0.3, -0.25) is 0 Å². The average molecular weight is 192 g/mol. The van der Waals surface area contributed by atoms with Gasteiger partial charge in [-0.05, 0) is 35.8 Å². The number of hydrogen-bond donors (Lipinski definition) is 1. The van der Waals surface area contributed by atoms with Crippen LogP contribution >= 0.6 is 0 Å². The fourth-order valence-corrected chi connectivity index (χ4v) is 2.21. The van der Waals surface area contributed by atoms with Crippen LogP contribution in [-0.2, 0) is 0 Å². The van der Waals surface area contributed by atoms with Crippen molar-refractivity contribution in [3.63, 3.8) is 0 Å². The molecule has 0 amide bonds. The molecule has 78 valence electrons.